The first-order chi connectivity index (χ1) is 12.5. The van der Waals surface area contributed by atoms with E-state index in [1.165, 1.54) is 20.8 Å². The van der Waals surface area contributed by atoms with Crippen LogP contribution in [0.3, 0.4) is 0 Å². The number of hydrogen-bond acceptors (Lipinski definition) is 8. The Balaban J connectivity index is 2.19. The van der Waals surface area contributed by atoms with Crippen LogP contribution in [0.25, 0.3) is 0 Å². The summed E-state index contributed by atoms with van der Waals surface area (Å²) in [6.45, 7) is 7.58. The molecule has 1 aromatic rings. The van der Waals surface area contributed by atoms with Crippen LogP contribution in [-0.4, -0.2) is 32.5 Å². The molecule has 0 aliphatic carbocycles. The fourth-order valence-electron chi connectivity index (χ4n) is 2.72. The van der Waals surface area contributed by atoms with Crippen molar-refractivity contribution in [3.05, 3.63) is 29.3 Å². The number of carbonyl (C=O) groups excluding carboxylic acids is 3. The molecule has 27 heavy (non-hydrogen) atoms. The summed E-state index contributed by atoms with van der Waals surface area (Å²) >= 11 is 0. The van der Waals surface area contributed by atoms with Crippen LogP contribution in [0.15, 0.2) is 18.2 Å². The molecular weight excluding hydrogens is 372 g/mol. The molecule has 0 saturated carbocycles. The maximum absolute atomic E-state index is 11.5. The number of fused-ring (bicyclic) bond motifs is 1. The van der Waals surface area contributed by atoms with Crippen molar-refractivity contribution in [1.29, 1.82) is 0 Å². The first kappa shape index (κ1) is 20.9. The van der Waals surface area contributed by atoms with Crippen molar-refractivity contribution in [2.24, 2.45) is 0 Å². The van der Waals surface area contributed by atoms with Crippen LogP contribution in [0.4, 0.5) is 0 Å². The Morgan fingerprint density at radius 2 is 1.59 bits per heavy atom. The summed E-state index contributed by atoms with van der Waals surface area (Å²) in [5, 5.41) is 0. The van der Waals surface area contributed by atoms with Gasteiger partial charge in [0.25, 0.3) is 17.9 Å². The SMILES string of the molecule is CC(=O)O[Si](CCc1ccc2c(c1)COC(C)(C)O2)(OC(C)=O)OC(C)=O. The summed E-state index contributed by atoms with van der Waals surface area (Å²) in [6.07, 6.45) is 0.372. The lowest BCUT2D eigenvalue weighted by atomic mass is 10.1. The van der Waals surface area contributed by atoms with E-state index in [1.807, 2.05) is 32.0 Å². The van der Waals surface area contributed by atoms with Gasteiger partial charge in [0.1, 0.15) is 5.75 Å². The third-order valence-corrected chi connectivity index (χ3v) is 6.33. The first-order valence-electron chi connectivity index (χ1n) is 8.54. The molecule has 0 aromatic heterocycles. The summed E-state index contributed by atoms with van der Waals surface area (Å²) in [4.78, 5) is 34.4. The molecule has 1 aliphatic rings. The Kier molecular flexibility index (Phi) is 6.27. The van der Waals surface area contributed by atoms with E-state index in [0.29, 0.717) is 13.0 Å². The van der Waals surface area contributed by atoms with Crippen molar-refractivity contribution in [2.75, 3.05) is 0 Å². The molecule has 1 heterocycles. The maximum Gasteiger partial charge on any atom is 0.705 e. The summed E-state index contributed by atoms with van der Waals surface area (Å²) < 4.78 is 26.9. The van der Waals surface area contributed by atoms with Crippen LogP contribution in [-0.2, 0) is 45.4 Å². The Hall–Kier alpha value is -2.39. The minimum atomic E-state index is -3.84. The number of rotatable bonds is 6. The lowest BCUT2D eigenvalue weighted by Crippen LogP contribution is -2.49. The van der Waals surface area contributed by atoms with E-state index in [9.17, 15) is 14.4 Å². The molecular formula is C18H24O8Si. The predicted molar refractivity (Wildman–Crippen MR) is 95.5 cm³/mol. The lowest BCUT2D eigenvalue weighted by Gasteiger charge is -2.32. The van der Waals surface area contributed by atoms with Crippen molar-refractivity contribution in [3.8, 4) is 5.75 Å². The van der Waals surface area contributed by atoms with Crippen LogP contribution in [0.5, 0.6) is 5.75 Å². The van der Waals surface area contributed by atoms with Gasteiger partial charge in [-0.3, -0.25) is 14.4 Å². The van der Waals surface area contributed by atoms with Gasteiger partial charge in [-0.2, -0.15) is 0 Å². The van der Waals surface area contributed by atoms with Gasteiger partial charge < -0.3 is 22.8 Å². The number of ether oxygens (including phenoxy) is 2. The van der Waals surface area contributed by atoms with Gasteiger partial charge in [-0.15, -0.1) is 0 Å². The fourth-order valence-corrected chi connectivity index (χ4v) is 5.06. The van der Waals surface area contributed by atoms with Crippen molar-refractivity contribution >= 4 is 26.7 Å². The minimum absolute atomic E-state index is 0.0811. The highest BCUT2D eigenvalue weighted by molar-refractivity contribution is 6.65. The third kappa shape index (κ3) is 6.07. The van der Waals surface area contributed by atoms with E-state index in [2.05, 4.69) is 0 Å². The Morgan fingerprint density at radius 1 is 1.04 bits per heavy atom. The average Bonchev–Trinajstić information content (AvgIpc) is 2.50. The Morgan fingerprint density at radius 3 is 2.11 bits per heavy atom. The molecule has 0 N–H and O–H groups in total. The van der Waals surface area contributed by atoms with Gasteiger partial charge in [0.15, 0.2) is 0 Å². The highest BCUT2D eigenvalue weighted by atomic mass is 28.4. The fraction of sp³-hybridized carbons (Fsp3) is 0.500. The molecule has 0 spiro atoms. The first-order valence-corrected chi connectivity index (χ1v) is 10.5. The third-order valence-electron chi connectivity index (χ3n) is 3.67. The maximum atomic E-state index is 11.5. The molecule has 9 heteroatoms. The molecule has 0 radical (unpaired) electrons. The molecule has 8 nitrogen and oxygen atoms in total. The van der Waals surface area contributed by atoms with Crippen LogP contribution in [0.1, 0.15) is 45.7 Å². The Bertz CT molecular complexity index is 702. The van der Waals surface area contributed by atoms with E-state index in [1.54, 1.807) is 0 Å². The lowest BCUT2D eigenvalue weighted by molar-refractivity contribution is -0.180. The number of benzene rings is 1. The van der Waals surface area contributed by atoms with E-state index in [4.69, 9.17) is 22.8 Å². The molecule has 2 rings (SSSR count). The van der Waals surface area contributed by atoms with E-state index in [0.717, 1.165) is 16.9 Å². The van der Waals surface area contributed by atoms with Crippen LogP contribution >= 0.6 is 0 Å². The highest BCUT2D eigenvalue weighted by Crippen LogP contribution is 2.32. The topological polar surface area (TPSA) is 97.4 Å². The standard InChI is InChI=1S/C18H24O8Si/c1-12(19)24-27(25-13(2)20,26-14(3)21)9-8-15-6-7-17-16(10-15)11-22-18(4,5)23-17/h6-7,10H,8-9,11H2,1-5H3. The number of hydrogen-bond donors (Lipinski definition) is 0. The van der Waals surface area contributed by atoms with Crippen molar-refractivity contribution in [3.63, 3.8) is 0 Å². The zero-order chi connectivity index (χ0) is 20.2. The highest BCUT2D eigenvalue weighted by Gasteiger charge is 2.51. The second-order valence-electron chi connectivity index (χ2n) is 6.70. The van der Waals surface area contributed by atoms with Crippen LogP contribution < -0.4 is 4.74 Å². The zero-order valence-electron chi connectivity index (χ0n) is 16.1. The number of carbonyl (C=O) groups is 3. The normalized spacial score (nSPS) is 15.1. The monoisotopic (exact) mass is 396 g/mol. The summed E-state index contributed by atoms with van der Waals surface area (Å²) in [6, 6.07) is 5.67. The number of aryl methyl sites for hydroxylation is 1. The zero-order valence-corrected chi connectivity index (χ0v) is 17.1. The van der Waals surface area contributed by atoms with Gasteiger partial charge in [0.05, 0.1) is 12.7 Å². The molecule has 0 amide bonds. The average molecular weight is 396 g/mol. The van der Waals surface area contributed by atoms with Gasteiger partial charge in [0, 0.05) is 40.2 Å². The van der Waals surface area contributed by atoms with Crippen molar-refractivity contribution in [1.82, 2.24) is 0 Å². The second kappa shape index (κ2) is 8.09. The van der Waals surface area contributed by atoms with Gasteiger partial charge in [-0.25, -0.2) is 0 Å². The van der Waals surface area contributed by atoms with Gasteiger partial charge in [0.2, 0.25) is 5.79 Å². The quantitative estimate of drug-likeness (QED) is 0.677. The second-order valence-corrected chi connectivity index (χ2v) is 9.17. The van der Waals surface area contributed by atoms with E-state index < -0.39 is 32.5 Å². The molecule has 0 fully saturated rings. The molecule has 1 aliphatic heterocycles. The van der Waals surface area contributed by atoms with Crippen LogP contribution in [0.2, 0.25) is 6.04 Å². The minimum Gasteiger partial charge on any atom is -0.463 e. The largest absolute Gasteiger partial charge is 0.705 e. The molecule has 148 valence electrons. The summed E-state index contributed by atoms with van der Waals surface area (Å²) in [7, 11) is -3.84. The van der Waals surface area contributed by atoms with Gasteiger partial charge >= 0.3 is 8.80 Å². The summed E-state index contributed by atoms with van der Waals surface area (Å²) in [5.74, 6) is -1.99. The predicted octanol–water partition coefficient (Wildman–Crippen LogP) is 2.50. The van der Waals surface area contributed by atoms with Crippen molar-refractivity contribution in [2.45, 2.75) is 59.5 Å². The molecule has 0 unspecified atom stereocenters. The van der Waals surface area contributed by atoms with Crippen molar-refractivity contribution < 1.29 is 37.1 Å². The van der Waals surface area contributed by atoms with Gasteiger partial charge in [-0.05, 0) is 24.1 Å². The smallest absolute Gasteiger partial charge is 0.463 e. The van der Waals surface area contributed by atoms with Gasteiger partial charge in [-0.1, -0.05) is 6.07 Å². The Labute approximate surface area is 159 Å². The summed E-state index contributed by atoms with van der Waals surface area (Å²) in [5.41, 5.74) is 1.76. The molecule has 0 bridgehead atoms. The van der Waals surface area contributed by atoms with E-state index >= 15 is 0 Å². The molecule has 1 aromatic carbocycles. The van der Waals surface area contributed by atoms with Crippen LogP contribution in [0, 0.1) is 0 Å². The van der Waals surface area contributed by atoms with E-state index in [-0.39, 0.29) is 6.04 Å². The molecule has 0 atom stereocenters. The molecule has 0 saturated heterocycles.